The second-order valence-corrected chi connectivity index (χ2v) is 6.70. The maximum absolute atomic E-state index is 14.4. The highest BCUT2D eigenvalue weighted by atomic mass is 19.2. The number of nitrogens with one attached hydrogen (secondary N) is 2. The molecular formula is C22H17F4N3. The molecule has 2 unspecified atom stereocenters. The zero-order valence-electron chi connectivity index (χ0n) is 15.2. The number of guanidine groups is 1. The lowest BCUT2D eigenvalue weighted by Crippen LogP contribution is -2.25. The molecule has 0 amide bonds. The van der Waals surface area contributed by atoms with Crippen molar-refractivity contribution in [3.05, 3.63) is 107 Å². The summed E-state index contributed by atoms with van der Waals surface area (Å²) < 4.78 is 55.3. The largest absolute Gasteiger partial charge is 0.347 e. The highest BCUT2D eigenvalue weighted by molar-refractivity contribution is 5.83. The van der Waals surface area contributed by atoms with E-state index in [9.17, 15) is 17.6 Å². The zero-order chi connectivity index (χ0) is 20.4. The molecule has 1 heterocycles. The van der Waals surface area contributed by atoms with Gasteiger partial charge in [0.15, 0.2) is 17.6 Å². The van der Waals surface area contributed by atoms with Crippen molar-refractivity contribution in [3.8, 4) is 0 Å². The summed E-state index contributed by atoms with van der Waals surface area (Å²) in [5, 5.41) is 6.17. The second-order valence-electron chi connectivity index (χ2n) is 6.70. The van der Waals surface area contributed by atoms with Gasteiger partial charge < -0.3 is 10.6 Å². The van der Waals surface area contributed by atoms with Crippen molar-refractivity contribution in [2.75, 3.05) is 0 Å². The molecule has 7 heteroatoms. The Hall–Kier alpha value is -3.35. The van der Waals surface area contributed by atoms with Gasteiger partial charge in [0, 0.05) is 11.1 Å². The minimum absolute atomic E-state index is 0.0700. The van der Waals surface area contributed by atoms with Gasteiger partial charge in [0.05, 0.1) is 18.6 Å². The Morgan fingerprint density at radius 1 is 0.655 bits per heavy atom. The molecular weight excluding hydrogens is 382 g/mol. The van der Waals surface area contributed by atoms with E-state index in [4.69, 9.17) is 0 Å². The second kappa shape index (κ2) is 7.95. The summed E-state index contributed by atoms with van der Waals surface area (Å²) in [6.07, 6.45) is 0. The van der Waals surface area contributed by atoms with E-state index in [-0.39, 0.29) is 6.54 Å². The number of halogens is 4. The predicted molar refractivity (Wildman–Crippen MR) is 102 cm³/mol. The van der Waals surface area contributed by atoms with Gasteiger partial charge in [-0.05, 0) is 29.8 Å². The Bertz CT molecular complexity index is 1010. The van der Waals surface area contributed by atoms with Gasteiger partial charge in [-0.2, -0.15) is 0 Å². The van der Waals surface area contributed by atoms with Crippen LogP contribution in [0.1, 0.15) is 28.8 Å². The van der Waals surface area contributed by atoms with Crippen molar-refractivity contribution in [1.82, 2.24) is 10.6 Å². The minimum atomic E-state index is -0.955. The van der Waals surface area contributed by atoms with E-state index in [0.29, 0.717) is 22.6 Å². The van der Waals surface area contributed by atoms with Crippen LogP contribution in [0.15, 0.2) is 71.7 Å². The first kappa shape index (κ1) is 19.0. The van der Waals surface area contributed by atoms with Crippen molar-refractivity contribution in [1.29, 1.82) is 0 Å². The smallest absolute Gasteiger partial charge is 0.192 e. The molecule has 148 valence electrons. The normalized spacial score (nSPS) is 18.3. The Kier molecular flexibility index (Phi) is 5.20. The van der Waals surface area contributed by atoms with Crippen molar-refractivity contribution < 1.29 is 17.6 Å². The van der Waals surface area contributed by atoms with Crippen molar-refractivity contribution in [3.63, 3.8) is 0 Å². The molecule has 1 fully saturated rings. The topological polar surface area (TPSA) is 36.4 Å². The van der Waals surface area contributed by atoms with Crippen LogP contribution in [0.2, 0.25) is 0 Å². The number of rotatable bonds is 4. The van der Waals surface area contributed by atoms with E-state index in [1.54, 1.807) is 36.4 Å². The highest BCUT2D eigenvalue weighted by Crippen LogP contribution is 2.34. The third kappa shape index (κ3) is 3.94. The molecule has 0 aliphatic carbocycles. The molecule has 1 aliphatic heterocycles. The quantitative estimate of drug-likeness (QED) is 0.620. The molecule has 0 saturated carbocycles. The third-order valence-corrected chi connectivity index (χ3v) is 4.80. The Balaban J connectivity index is 1.65. The monoisotopic (exact) mass is 399 g/mol. The lowest BCUT2D eigenvalue weighted by Gasteiger charge is -2.20. The molecule has 0 radical (unpaired) electrons. The first-order valence-electron chi connectivity index (χ1n) is 9.03. The van der Waals surface area contributed by atoms with E-state index >= 15 is 0 Å². The molecule has 29 heavy (non-hydrogen) atoms. The third-order valence-electron chi connectivity index (χ3n) is 4.80. The number of benzene rings is 3. The van der Waals surface area contributed by atoms with Gasteiger partial charge in [-0.25, -0.2) is 22.6 Å². The van der Waals surface area contributed by atoms with E-state index in [1.165, 1.54) is 18.2 Å². The summed E-state index contributed by atoms with van der Waals surface area (Å²) in [6, 6.07) is 14.8. The van der Waals surface area contributed by atoms with Crippen LogP contribution in [0.25, 0.3) is 0 Å². The van der Waals surface area contributed by atoms with Crippen LogP contribution in [0.5, 0.6) is 0 Å². The van der Waals surface area contributed by atoms with Crippen molar-refractivity contribution in [2.45, 2.75) is 18.6 Å². The summed E-state index contributed by atoms with van der Waals surface area (Å²) in [5.74, 6) is -2.41. The average molecular weight is 399 g/mol. The van der Waals surface area contributed by atoms with Crippen LogP contribution < -0.4 is 10.6 Å². The van der Waals surface area contributed by atoms with Crippen molar-refractivity contribution in [2.24, 2.45) is 4.99 Å². The number of nitrogens with zero attached hydrogens (tertiary/aromatic N) is 1. The van der Waals surface area contributed by atoms with Crippen LogP contribution >= 0.6 is 0 Å². The van der Waals surface area contributed by atoms with Gasteiger partial charge in [-0.3, -0.25) is 0 Å². The van der Waals surface area contributed by atoms with E-state index in [0.717, 1.165) is 12.1 Å². The summed E-state index contributed by atoms with van der Waals surface area (Å²) in [5.41, 5.74) is 1.20. The molecule has 4 rings (SSSR count). The molecule has 1 aliphatic rings. The van der Waals surface area contributed by atoms with Crippen LogP contribution in [0, 0.1) is 23.3 Å². The summed E-state index contributed by atoms with van der Waals surface area (Å²) >= 11 is 0. The first-order valence-corrected chi connectivity index (χ1v) is 9.03. The number of hydrogen-bond acceptors (Lipinski definition) is 1. The fourth-order valence-electron chi connectivity index (χ4n) is 3.37. The average Bonchev–Trinajstić information content (AvgIpc) is 3.13. The van der Waals surface area contributed by atoms with Gasteiger partial charge in [-0.15, -0.1) is 0 Å². The summed E-state index contributed by atoms with van der Waals surface area (Å²) in [7, 11) is 0. The highest BCUT2D eigenvalue weighted by Gasteiger charge is 2.35. The van der Waals surface area contributed by atoms with Crippen LogP contribution in [0.3, 0.4) is 0 Å². The summed E-state index contributed by atoms with van der Waals surface area (Å²) in [4.78, 5) is 4.34. The van der Waals surface area contributed by atoms with Crippen molar-refractivity contribution >= 4 is 5.96 Å². The maximum Gasteiger partial charge on any atom is 0.192 e. The van der Waals surface area contributed by atoms with Gasteiger partial charge in [0.1, 0.15) is 11.6 Å². The van der Waals surface area contributed by atoms with E-state index in [1.807, 2.05) is 0 Å². The molecule has 3 aromatic carbocycles. The number of hydrogen-bond donors (Lipinski definition) is 2. The van der Waals surface area contributed by atoms with Gasteiger partial charge in [-0.1, -0.05) is 42.5 Å². The van der Waals surface area contributed by atoms with E-state index in [2.05, 4.69) is 15.6 Å². The lowest BCUT2D eigenvalue weighted by atomic mass is 9.94. The maximum atomic E-state index is 14.4. The molecule has 1 saturated heterocycles. The van der Waals surface area contributed by atoms with Gasteiger partial charge >= 0.3 is 0 Å². The van der Waals surface area contributed by atoms with Crippen LogP contribution in [-0.2, 0) is 6.54 Å². The Labute approximate surface area is 165 Å². The molecule has 3 aromatic rings. The van der Waals surface area contributed by atoms with Crippen LogP contribution in [-0.4, -0.2) is 5.96 Å². The Morgan fingerprint density at radius 2 is 1.21 bits per heavy atom. The molecule has 2 atom stereocenters. The Morgan fingerprint density at radius 3 is 1.72 bits per heavy atom. The zero-order valence-corrected chi connectivity index (χ0v) is 15.2. The van der Waals surface area contributed by atoms with Gasteiger partial charge in [0.2, 0.25) is 0 Å². The molecule has 0 bridgehead atoms. The fraction of sp³-hybridized carbons (Fsp3) is 0.136. The fourth-order valence-corrected chi connectivity index (χ4v) is 3.37. The minimum Gasteiger partial charge on any atom is -0.347 e. The predicted octanol–water partition coefficient (Wildman–Crippen LogP) is 4.77. The first-order chi connectivity index (χ1) is 14.0. The molecule has 0 aromatic heterocycles. The summed E-state index contributed by atoms with van der Waals surface area (Å²) in [6.45, 7) is 0.0700. The van der Waals surface area contributed by atoms with E-state index < -0.39 is 35.4 Å². The molecule has 2 N–H and O–H groups in total. The van der Waals surface area contributed by atoms with Crippen LogP contribution in [0.4, 0.5) is 17.6 Å². The number of aliphatic imine (C=N–C) groups is 1. The molecule has 0 spiro atoms. The SMILES string of the molecule is Fc1ccc(CN=C2NC(c3ccccc3F)C(c3ccccc3F)N2)cc1F. The standard InChI is InChI=1S/C22H17F4N3/c23-16-7-3-1-5-14(16)20-21(15-6-2-4-8-17(15)24)29-22(28-20)27-12-13-9-10-18(25)19(26)11-13/h1-11,20-21H,12H2,(H2,27,28,29). The molecule has 3 nitrogen and oxygen atoms in total. The lowest BCUT2D eigenvalue weighted by molar-refractivity contribution is 0.490. The van der Waals surface area contributed by atoms with Gasteiger partial charge in [0.25, 0.3) is 0 Å².